The Morgan fingerprint density at radius 2 is 1.79 bits per heavy atom. The Balaban J connectivity index is 2.52. The van der Waals surface area contributed by atoms with E-state index in [4.69, 9.17) is 5.11 Å². The summed E-state index contributed by atoms with van der Waals surface area (Å²) >= 11 is 0. The molecule has 0 spiro atoms. The number of aryl methyl sites for hydroxylation is 1. The molecule has 0 aliphatic carbocycles. The first-order valence-electron chi connectivity index (χ1n) is 6.37. The number of carbonyl (C=O) groups is 2. The molecule has 0 saturated carbocycles. The summed E-state index contributed by atoms with van der Waals surface area (Å²) in [5.41, 5.74) is 0.564. The first-order valence-corrected chi connectivity index (χ1v) is 6.37. The minimum Gasteiger partial charge on any atom is -0.480 e. The molecule has 19 heavy (non-hydrogen) atoms. The van der Waals surface area contributed by atoms with Crippen molar-refractivity contribution in [3.05, 3.63) is 35.9 Å². The zero-order chi connectivity index (χ0) is 14.5. The molecule has 0 bridgehead atoms. The molecule has 104 valence electrons. The summed E-state index contributed by atoms with van der Waals surface area (Å²) in [6, 6.07) is 8.79. The highest BCUT2D eigenvalue weighted by molar-refractivity contribution is 5.84. The molecular formula is C15H21NO3. The lowest BCUT2D eigenvalue weighted by atomic mass is 9.86. The highest BCUT2D eigenvalue weighted by atomic mass is 16.4. The standard InChI is InChI=1S/C15H21NO3/c1-15(2,3)13(14(18)19)16-12(17)10-9-11-7-5-4-6-8-11/h4-8,13H,9-10H2,1-3H3,(H,16,17)(H,18,19). The molecule has 1 amide bonds. The fraction of sp³-hybridized carbons (Fsp3) is 0.467. The van der Waals surface area contributed by atoms with Gasteiger partial charge in [-0.25, -0.2) is 4.79 Å². The summed E-state index contributed by atoms with van der Waals surface area (Å²) in [4.78, 5) is 22.9. The molecule has 0 heterocycles. The number of nitrogens with one attached hydrogen (secondary N) is 1. The van der Waals surface area contributed by atoms with E-state index in [1.165, 1.54) is 0 Å². The van der Waals surface area contributed by atoms with E-state index in [-0.39, 0.29) is 5.91 Å². The van der Waals surface area contributed by atoms with Gasteiger partial charge >= 0.3 is 5.97 Å². The van der Waals surface area contributed by atoms with Gasteiger partial charge in [-0.3, -0.25) is 4.79 Å². The van der Waals surface area contributed by atoms with Gasteiger partial charge in [0.15, 0.2) is 0 Å². The third kappa shape index (κ3) is 5.12. The monoisotopic (exact) mass is 263 g/mol. The lowest BCUT2D eigenvalue weighted by Crippen LogP contribution is -2.49. The largest absolute Gasteiger partial charge is 0.480 e. The molecule has 0 fully saturated rings. The number of benzene rings is 1. The van der Waals surface area contributed by atoms with Crippen molar-refractivity contribution >= 4 is 11.9 Å². The highest BCUT2D eigenvalue weighted by Crippen LogP contribution is 2.19. The molecule has 1 rings (SSSR count). The quantitative estimate of drug-likeness (QED) is 0.856. The van der Waals surface area contributed by atoms with Crippen LogP contribution in [0.4, 0.5) is 0 Å². The number of amides is 1. The topological polar surface area (TPSA) is 66.4 Å². The average molecular weight is 263 g/mol. The van der Waals surface area contributed by atoms with Crippen LogP contribution in [0.1, 0.15) is 32.8 Å². The van der Waals surface area contributed by atoms with Crippen LogP contribution in [-0.2, 0) is 16.0 Å². The van der Waals surface area contributed by atoms with E-state index in [1.807, 2.05) is 30.3 Å². The Morgan fingerprint density at radius 3 is 2.26 bits per heavy atom. The van der Waals surface area contributed by atoms with E-state index in [9.17, 15) is 9.59 Å². The first kappa shape index (κ1) is 15.2. The number of carboxylic acids is 1. The molecule has 0 aliphatic heterocycles. The second-order valence-electron chi connectivity index (χ2n) is 5.69. The Hall–Kier alpha value is -1.84. The van der Waals surface area contributed by atoms with E-state index in [2.05, 4.69) is 5.32 Å². The van der Waals surface area contributed by atoms with Crippen LogP contribution < -0.4 is 5.32 Å². The van der Waals surface area contributed by atoms with Crippen LogP contribution in [0.3, 0.4) is 0 Å². The zero-order valence-corrected chi connectivity index (χ0v) is 11.6. The van der Waals surface area contributed by atoms with Gasteiger partial charge in [0.05, 0.1) is 0 Å². The number of aliphatic carboxylic acids is 1. The number of carbonyl (C=O) groups excluding carboxylic acids is 1. The summed E-state index contributed by atoms with van der Waals surface area (Å²) < 4.78 is 0. The van der Waals surface area contributed by atoms with Crippen molar-refractivity contribution in [2.45, 2.75) is 39.7 Å². The first-order chi connectivity index (χ1) is 8.80. The lowest BCUT2D eigenvalue weighted by molar-refractivity contribution is -0.144. The maximum atomic E-state index is 11.8. The minimum atomic E-state index is -0.999. The van der Waals surface area contributed by atoms with Crippen molar-refractivity contribution in [2.75, 3.05) is 0 Å². The van der Waals surface area contributed by atoms with E-state index < -0.39 is 17.4 Å². The number of carboxylic acid groups (broad SMARTS) is 1. The maximum Gasteiger partial charge on any atom is 0.326 e. The summed E-state index contributed by atoms with van der Waals surface area (Å²) in [7, 11) is 0. The van der Waals surface area contributed by atoms with Crippen LogP contribution in [0.5, 0.6) is 0 Å². The highest BCUT2D eigenvalue weighted by Gasteiger charge is 2.32. The smallest absolute Gasteiger partial charge is 0.326 e. The van der Waals surface area contributed by atoms with E-state index >= 15 is 0 Å². The number of hydrogen-bond donors (Lipinski definition) is 2. The molecule has 0 saturated heterocycles. The molecule has 1 aromatic rings. The maximum absolute atomic E-state index is 11.8. The lowest BCUT2D eigenvalue weighted by Gasteiger charge is -2.27. The van der Waals surface area contributed by atoms with Crippen LogP contribution in [0.2, 0.25) is 0 Å². The summed E-state index contributed by atoms with van der Waals surface area (Å²) in [6.07, 6.45) is 0.910. The molecule has 2 N–H and O–H groups in total. The van der Waals surface area contributed by atoms with Gasteiger partial charge in [0.25, 0.3) is 0 Å². The molecule has 0 radical (unpaired) electrons. The Kier molecular flexibility index (Phi) is 5.10. The second-order valence-corrected chi connectivity index (χ2v) is 5.69. The van der Waals surface area contributed by atoms with Crippen LogP contribution in [0.25, 0.3) is 0 Å². The van der Waals surface area contributed by atoms with E-state index in [0.717, 1.165) is 5.56 Å². The van der Waals surface area contributed by atoms with Gasteiger partial charge < -0.3 is 10.4 Å². The van der Waals surface area contributed by atoms with Gasteiger partial charge in [0.2, 0.25) is 5.91 Å². The average Bonchev–Trinajstić information content (AvgIpc) is 2.33. The molecule has 0 aromatic heterocycles. The van der Waals surface area contributed by atoms with Crippen molar-refractivity contribution in [3.8, 4) is 0 Å². The van der Waals surface area contributed by atoms with Gasteiger partial charge in [-0.05, 0) is 17.4 Å². The Morgan fingerprint density at radius 1 is 1.21 bits per heavy atom. The van der Waals surface area contributed by atoms with Crippen LogP contribution >= 0.6 is 0 Å². The third-order valence-corrected chi connectivity index (χ3v) is 2.90. The molecule has 1 aromatic carbocycles. The third-order valence-electron chi connectivity index (χ3n) is 2.90. The van der Waals surface area contributed by atoms with Crippen LogP contribution in [0, 0.1) is 5.41 Å². The summed E-state index contributed by atoms with van der Waals surface area (Å²) in [6.45, 7) is 5.38. The molecular weight excluding hydrogens is 242 g/mol. The Bertz CT molecular complexity index is 434. The van der Waals surface area contributed by atoms with Gasteiger partial charge in [-0.15, -0.1) is 0 Å². The number of hydrogen-bond acceptors (Lipinski definition) is 2. The number of rotatable bonds is 5. The fourth-order valence-electron chi connectivity index (χ4n) is 1.78. The van der Waals surface area contributed by atoms with E-state index in [1.54, 1.807) is 20.8 Å². The minimum absolute atomic E-state index is 0.230. The predicted molar refractivity (Wildman–Crippen MR) is 73.8 cm³/mol. The van der Waals surface area contributed by atoms with Crippen molar-refractivity contribution < 1.29 is 14.7 Å². The van der Waals surface area contributed by atoms with Gasteiger partial charge in [0.1, 0.15) is 6.04 Å². The van der Waals surface area contributed by atoms with E-state index in [0.29, 0.717) is 12.8 Å². The predicted octanol–water partition coefficient (Wildman–Crippen LogP) is 2.23. The fourth-order valence-corrected chi connectivity index (χ4v) is 1.78. The second kappa shape index (κ2) is 6.36. The molecule has 1 unspecified atom stereocenters. The van der Waals surface area contributed by atoms with Gasteiger partial charge in [-0.2, -0.15) is 0 Å². The van der Waals surface area contributed by atoms with Crippen molar-refractivity contribution in [1.82, 2.24) is 5.32 Å². The molecule has 4 nitrogen and oxygen atoms in total. The molecule has 1 atom stereocenters. The Labute approximate surface area is 113 Å². The summed E-state index contributed by atoms with van der Waals surface area (Å²) in [5.74, 6) is -1.23. The van der Waals surface area contributed by atoms with Crippen molar-refractivity contribution in [1.29, 1.82) is 0 Å². The molecule has 4 heteroatoms. The van der Waals surface area contributed by atoms with Crippen LogP contribution in [-0.4, -0.2) is 23.0 Å². The zero-order valence-electron chi connectivity index (χ0n) is 11.6. The molecule has 0 aliphatic rings. The summed E-state index contributed by atoms with van der Waals surface area (Å²) in [5, 5.41) is 11.7. The normalized spacial score (nSPS) is 12.8. The van der Waals surface area contributed by atoms with Crippen LogP contribution in [0.15, 0.2) is 30.3 Å². The SMILES string of the molecule is CC(C)(C)C(NC(=O)CCc1ccccc1)C(=O)O. The van der Waals surface area contributed by atoms with Crippen molar-refractivity contribution in [2.24, 2.45) is 5.41 Å². The van der Waals surface area contributed by atoms with Gasteiger partial charge in [0, 0.05) is 6.42 Å². The van der Waals surface area contributed by atoms with Gasteiger partial charge in [-0.1, -0.05) is 51.1 Å². The van der Waals surface area contributed by atoms with Crippen molar-refractivity contribution in [3.63, 3.8) is 0 Å².